The lowest BCUT2D eigenvalue weighted by Crippen LogP contribution is -2.21. The van der Waals surface area contributed by atoms with E-state index in [1.165, 1.54) is 6.07 Å². The van der Waals surface area contributed by atoms with E-state index in [-0.39, 0.29) is 0 Å². The van der Waals surface area contributed by atoms with E-state index < -0.39 is 11.2 Å². The molecule has 0 unspecified atom stereocenters. The van der Waals surface area contributed by atoms with Crippen molar-refractivity contribution in [3.05, 3.63) is 38.8 Å². The van der Waals surface area contributed by atoms with Crippen LogP contribution in [0.5, 0.6) is 0 Å². The average molecular weight is 181 g/mol. The van der Waals surface area contributed by atoms with Crippen molar-refractivity contribution in [1.29, 1.82) is 0 Å². The Morgan fingerprint density at radius 1 is 1.31 bits per heavy atom. The zero-order valence-corrected chi connectivity index (χ0v) is 7.50. The van der Waals surface area contributed by atoms with Gasteiger partial charge in [-0.15, -0.1) is 0 Å². The third kappa shape index (κ3) is 2.98. The number of aromatic amines is 2. The molecule has 0 aliphatic carbocycles. The molecule has 2 N–H and O–H groups in total. The van der Waals surface area contributed by atoms with Gasteiger partial charge in [0.2, 0.25) is 0 Å². The molecule has 1 aromatic rings. The second-order valence-corrected chi connectivity index (χ2v) is 2.82. The maximum absolute atomic E-state index is 10.8. The van der Waals surface area contributed by atoms with Crippen molar-refractivity contribution < 1.29 is 0 Å². The van der Waals surface area contributed by atoms with Crippen LogP contribution in [0.15, 0.2) is 21.9 Å². The molecule has 1 aromatic heterocycles. The van der Waals surface area contributed by atoms with Crippen LogP contribution in [0, 0.1) is 0 Å². The first-order valence-electron chi connectivity index (χ1n) is 3.76. The van der Waals surface area contributed by atoms with E-state index in [1.807, 2.05) is 14.1 Å². The van der Waals surface area contributed by atoms with Gasteiger partial charge in [0.25, 0.3) is 5.56 Å². The normalized spacial score (nSPS) is 10.6. The Morgan fingerprint density at radius 2 is 2.00 bits per heavy atom. The second-order valence-electron chi connectivity index (χ2n) is 2.82. The number of H-pyrrole nitrogens is 2. The summed E-state index contributed by atoms with van der Waals surface area (Å²) in [5, 5.41) is 0. The van der Waals surface area contributed by atoms with Crippen molar-refractivity contribution in [3.8, 4) is 0 Å². The predicted molar refractivity (Wildman–Crippen MR) is 50.4 cm³/mol. The average Bonchev–Trinajstić information content (AvgIpc) is 1.99. The van der Waals surface area contributed by atoms with Gasteiger partial charge in [0.05, 0.1) is 0 Å². The summed E-state index contributed by atoms with van der Waals surface area (Å²) >= 11 is 0. The Morgan fingerprint density at radius 3 is 2.54 bits per heavy atom. The fraction of sp³-hybridized carbons (Fsp3) is 0.250. The van der Waals surface area contributed by atoms with Gasteiger partial charge >= 0.3 is 5.69 Å². The molecule has 0 atom stereocenters. The lowest BCUT2D eigenvalue weighted by molar-refractivity contribution is 0.567. The number of hydrogen-bond acceptors (Lipinski definition) is 3. The van der Waals surface area contributed by atoms with Gasteiger partial charge in [-0.2, -0.15) is 0 Å². The van der Waals surface area contributed by atoms with E-state index in [2.05, 4.69) is 9.97 Å². The van der Waals surface area contributed by atoms with E-state index in [4.69, 9.17) is 0 Å². The molecule has 0 saturated carbocycles. The zero-order chi connectivity index (χ0) is 9.84. The monoisotopic (exact) mass is 181 g/mol. The second kappa shape index (κ2) is 3.75. The highest BCUT2D eigenvalue weighted by atomic mass is 16.2. The Balaban J connectivity index is 3.03. The standard InChI is InChI=1S/C8H11N3O2/c1-11(2)4-3-6-5-7(12)10-8(13)9-6/h3-5H,1-2H3,(H2,9,10,12,13). The molecule has 5 heteroatoms. The molecule has 0 spiro atoms. The van der Waals surface area contributed by atoms with Crippen molar-refractivity contribution in [1.82, 2.24) is 14.9 Å². The van der Waals surface area contributed by atoms with Gasteiger partial charge in [0.15, 0.2) is 0 Å². The van der Waals surface area contributed by atoms with E-state index in [0.29, 0.717) is 5.69 Å². The molecule has 0 aromatic carbocycles. The number of nitrogens with zero attached hydrogens (tertiary/aromatic N) is 1. The van der Waals surface area contributed by atoms with Crippen molar-refractivity contribution in [2.75, 3.05) is 14.1 Å². The van der Waals surface area contributed by atoms with Crippen molar-refractivity contribution in [2.45, 2.75) is 0 Å². The van der Waals surface area contributed by atoms with Crippen LogP contribution < -0.4 is 11.2 Å². The van der Waals surface area contributed by atoms with Gasteiger partial charge < -0.3 is 9.88 Å². The first kappa shape index (κ1) is 9.31. The minimum atomic E-state index is -0.495. The van der Waals surface area contributed by atoms with Crippen LogP contribution in [0.3, 0.4) is 0 Å². The SMILES string of the molecule is CN(C)C=Cc1cc(=O)[nH]c(=O)[nH]1. The summed E-state index contributed by atoms with van der Waals surface area (Å²) < 4.78 is 0. The topological polar surface area (TPSA) is 69.0 Å². The van der Waals surface area contributed by atoms with Crippen LogP contribution in [-0.2, 0) is 0 Å². The molecule has 0 amide bonds. The summed E-state index contributed by atoms with van der Waals surface area (Å²) in [6.07, 6.45) is 3.39. The fourth-order valence-electron chi connectivity index (χ4n) is 0.807. The Hall–Kier alpha value is -1.78. The largest absolute Gasteiger partial charge is 0.383 e. The van der Waals surface area contributed by atoms with Gasteiger partial charge in [-0.25, -0.2) is 4.79 Å². The summed E-state index contributed by atoms with van der Waals surface area (Å²) in [5.74, 6) is 0. The summed E-state index contributed by atoms with van der Waals surface area (Å²) in [4.78, 5) is 28.0. The number of nitrogens with one attached hydrogen (secondary N) is 2. The van der Waals surface area contributed by atoms with Crippen molar-refractivity contribution >= 4 is 6.08 Å². The Bertz CT molecular complexity index is 386. The summed E-state index contributed by atoms with van der Waals surface area (Å²) in [6.45, 7) is 0. The molecule has 70 valence electrons. The van der Waals surface area contributed by atoms with Gasteiger partial charge in [0.1, 0.15) is 0 Å². The predicted octanol–water partition coefficient (Wildman–Crippen LogP) is -0.405. The zero-order valence-electron chi connectivity index (χ0n) is 7.50. The molecule has 5 nitrogen and oxygen atoms in total. The van der Waals surface area contributed by atoms with E-state index in [9.17, 15) is 9.59 Å². The van der Waals surface area contributed by atoms with Crippen molar-refractivity contribution in [3.63, 3.8) is 0 Å². The van der Waals surface area contributed by atoms with E-state index >= 15 is 0 Å². The van der Waals surface area contributed by atoms with Gasteiger partial charge in [-0.1, -0.05) is 0 Å². The highest BCUT2D eigenvalue weighted by molar-refractivity contribution is 5.42. The molecule has 1 heterocycles. The molecule has 0 radical (unpaired) electrons. The minimum absolute atomic E-state index is 0.401. The molecule has 0 aliphatic heterocycles. The first-order chi connectivity index (χ1) is 6.08. The highest BCUT2D eigenvalue weighted by Crippen LogP contribution is 1.90. The molecular weight excluding hydrogens is 170 g/mol. The van der Waals surface area contributed by atoms with E-state index in [1.54, 1.807) is 17.2 Å². The first-order valence-corrected chi connectivity index (χ1v) is 3.76. The van der Waals surface area contributed by atoms with Gasteiger partial charge in [-0.3, -0.25) is 9.78 Å². The highest BCUT2D eigenvalue weighted by Gasteiger charge is 1.90. The molecule has 0 saturated heterocycles. The Labute approximate surface area is 74.7 Å². The number of rotatable bonds is 2. The van der Waals surface area contributed by atoms with Crippen LogP contribution in [-0.4, -0.2) is 29.0 Å². The summed E-state index contributed by atoms with van der Waals surface area (Å²) in [7, 11) is 3.70. The third-order valence-electron chi connectivity index (χ3n) is 1.33. The molecule has 0 bridgehead atoms. The van der Waals surface area contributed by atoms with Crippen LogP contribution in [0.1, 0.15) is 5.69 Å². The third-order valence-corrected chi connectivity index (χ3v) is 1.33. The smallest absolute Gasteiger partial charge is 0.326 e. The van der Waals surface area contributed by atoms with Crippen molar-refractivity contribution in [2.24, 2.45) is 0 Å². The molecule has 13 heavy (non-hydrogen) atoms. The molecule has 1 rings (SSSR count). The molecule has 0 fully saturated rings. The van der Waals surface area contributed by atoms with Crippen LogP contribution in [0.4, 0.5) is 0 Å². The Kier molecular flexibility index (Phi) is 2.69. The maximum Gasteiger partial charge on any atom is 0.326 e. The quantitative estimate of drug-likeness (QED) is 0.652. The minimum Gasteiger partial charge on any atom is -0.383 e. The fourth-order valence-corrected chi connectivity index (χ4v) is 0.807. The summed E-state index contributed by atoms with van der Waals surface area (Å²) in [6, 6.07) is 1.32. The van der Waals surface area contributed by atoms with Crippen LogP contribution in [0.25, 0.3) is 6.08 Å². The van der Waals surface area contributed by atoms with Crippen LogP contribution >= 0.6 is 0 Å². The van der Waals surface area contributed by atoms with E-state index in [0.717, 1.165) is 0 Å². The van der Waals surface area contributed by atoms with Gasteiger partial charge in [-0.05, 0) is 6.08 Å². The summed E-state index contributed by atoms with van der Waals surface area (Å²) in [5.41, 5.74) is -0.407. The maximum atomic E-state index is 10.8. The van der Waals surface area contributed by atoms with Crippen LogP contribution in [0.2, 0.25) is 0 Å². The number of hydrogen-bond donors (Lipinski definition) is 2. The molecular formula is C8H11N3O2. The number of aromatic nitrogens is 2. The lowest BCUT2D eigenvalue weighted by Gasteiger charge is -2.02. The van der Waals surface area contributed by atoms with Gasteiger partial charge in [0, 0.05) is 32.1 Å². The lowest BCUT2D eigenvalue weighted by atomic mass is 10.4. The molecule has 0 aliphatic rings.